The summed E-state index contributed by atoms with van der Waals surface area (Å²) < 4.78 is 14.1. The number of hydrogen-bond donors (Lipinski definition) is 4. The molecule has 1 aliphatic carbocycles. The molecular weight excluding hydrogens is 426 g/mol. The maximum atomic E-state index is 11.2. The highest BCUT2D eigenvalue weighted by Gasteiger charge is 2.45. The molecule has 0 bridgehead atoms. The van der Waals surface area contributed by atoms with Gasteiger partial charge in [0.05, 0.1) is 12.9 Å². The summed E-state index contributed by atoms with van der Waals surface area (Å²) in [4.78, 5) is 24.0. The Labute approximate surface area is 179 Å². The largest absolute Gasteiger partial charge is 0.475 e. The fourth-order valence-electron chi connectivity index (χ4n) is 4.07. The number of aliphatic hydroxyl groups excluding tert-OH is 2. The van der Waals surface area contributed by atoms with E-state index in [0.717, 1.165) is 30.4 Å². The fourth-order valence-corrected chi connectivity index (χ4v) is 4.07. The van der Waals surface area contributed by atoms with Crippen LogP contribution in [0.2, 0.25) is 0 Å². The van der Waals surface area contributed by atoms with E-state index in [1.807, 2.05) is 0 Å². The fraction of sp³-hybridized carbons (Fsp3) is 0.588. The normalized spacial score (nSPS) is 26.2. The summed E-state index contributed by atoms with van der Waals surface area (Å²) >= 11 is 0. The van der Waals surface area contributed by atoms with Crippen molar-refractivity contribution in [1.29, 1.82) is 0 Å². The van der Waals surface area contributed by atoms with Crippen LogP contribution in [-0.2, 0) is 11.3 Å². The van der Waals surface area contributed by atoms with Crippen LogP contribution in [0.3, 0.4) is 0 Å². The number of fused-ring (bicyclic) bond motifs is 1. The van der Waals surface area contributed by atoms with Crippen LogP contribution in [0.15, 0.2) is 6.33 Å². The molecule has 1 saturated carbocycles. The van der Waals surface area contributed by atoms with E-state index in [0.29, 0.717) is 5.52 Å². The summed E-state index contributed by atoms with van der Waals surface area (Å²) in [7, 11) is 0. The van der Waals surface area contributed by atoms with Crippen molar-refractivity contribution in [3.63, 3.8) is 0 Å². The highest BCUT2D eigenvalue weighted by molar-refractivity contribution is 5.83. The molecule has 15 nitrogen and oxygen atoms in total. The molecule has 0 amide bonds. The minimum atomic E-state index is -1.36. The van der Waals surface area contributed by atoms with Crippen molar-refractivity contribution in [3.8, 4) is 6.01 Å². The van der Waals surface area contributed by atoms with Gasteiger partial charge in [-0.1, -0.05) is 0 Å². The quantitative estimate of drug-likeness (QED) is 0.348. The Kier molecular flexibility index (Phi) is 5.07. The number of carboxylic acids is 1. The lowest BCUT2D eigenvalue weighted by atomic mass is 10.1. The number of nitrogens with two attached hydrogens (primary N) is 1. The molecule has 5 rings (SSSR count). The van der Waals surface area contributed by atoms with E-state index in [2.05, 4.69) is 30.5 Å². The van der Waals surface area contributed by atoms with E-state index in [1.54, 1.807) is 0 Å². The van der Waals surface area contributed by atoms with Gasteiger partial charge in [0.1, 0.15) is 24.4 Å². The minimum absolute atomic E-state index is 0.0162. The molecule has 15 heteroatoms. The number of carbonyl (C=O) groups is 1. The van der Waals surface area contributed by atoms with E-state index >= 15 is 0 Å². The van der Waals surface area contributed by atoms with Gasteiger partial charge in [-0.2, -0.15) is 9.97 Å². The number of imidazole rings is 1. The van der Waals surface area contributed by atoms with E-state index in [9.17, 15) is 15.0 Å². The Morgan fingerprint density at radius 2 is 2.03 bits per heavy atom. The summed E-state index contributed by atoms with van der Waals surface area (Å²) in [5.74, 6) is -1.63. The summed E-state index contributed by atoms with van der Waals surface area (Å²) in [6.45, 7) is -0.191. The Bertz CT molecular complexity index is 1140. The zero-order chi connectivity index (χ0) is 22.4. The molecule has 5 N–H and O–H groups in total. The van der Waals surface area contributed by atoms with Crippen molar-refractivity contribution in [2.45, 2.75) is 62.9 Å². The van der Waals surface area contributed by atoms with Crippen LogP contribution >= 0.6 is 0 Å². The van der Waals surface area contributed by atoms with Crippen LogP contribution in [0.25, 0.3) is 11.2 Å². The highest BCUT2D eigenvalue weighted by Crippen LogP contribution is 2.33. The first-order valence-corrected chi connectivity index (χ1v) is 10.1. The first kappa shape index (κ1) is 20.5. The zero-order valence-electron chi connectivity index (χ0n) is 16.7. The second-order valence-electron chi connectivity index (χ2n) is 7.78. The van der Waals surface area contributed by atoms with Gasteiger partial charge < -0.3 is 30.5 Å². The number of aliphatic hydroxyl groups is 2. The van der Waals surface area contributed by atoms with Gasteiger partial charge in [0.25, 0.3) is 5.82 Å². The van der Waals surface area contributed by atoms with Crippen molar-refractivity contribution in [2.75, 3.05) is 5.73 Å². The molecule has 0 aromatic carbocycles. The lowest BCUT2D eigenvalue weighted by Gasteiger charge is -2.17. The van der Waals surface area contributed by atoms with E-state index in [1.165, 1.54) is 10.9 Å². The molecule has 0 spiro atoms. The standard InChI is InChI=1S/C17H21N9O6/c18-12-9-13(21-17(20-12)31-7-3-1-2-4-7)25(6-19-9)15-11(28)10(27)8(32-15)5-26-14(16(29)30)22-23-24-26/h6-8,10-11,15,27-28H,1-5H2,(H,29,30)(H2,18,20,21)/t8-,10+,11-,15-/m1/s1. The maximum Gasteiger partial charge on any atom is 0.375 e. The number of ether oxygens (including phenoxy) is 2. The summed E-state index contributed by atoms with van der Waals surface area (Å²) in [5, 5.41) is 40.6. The first-order chi connectivity index (χ1) is 15.4. The lowest BCUT2D eigenvalue weighted by Crippen LogP contribution is -2.34. The smallest absolute Gasteiger partial charge is 0.375 e. The molecule has 0 unspecified atom stereocenters. The van der Waals surface area contributed by atoms with Gasteiger partial charge >= 0.3 is 12.0 Å². The number of carboxylic acid groups (broad SMARTS) is 1. The molecule has 0 radical (unpaired) electrons. The van der Waals surface area contributed by atoms with E-state index < -0.39 is 36.3 Å². The van der Waals surface area contributed by atoms with E-state index in [4.69, 9.17) is 20.3 Å². The molecule has 2 fully saturated rings. The van der Waals surface area contributed by atoms with Gasteiger partial charge in [-0.15, -0.1) is 5.10 Å². The van der Waals surface area contributed by atoms with Crippen molar-refractivity contribution >= 4 is 23.0 Å². The zero-order valence-corrected chi connectivity index (χ0v) is 16.7. The van der Waals surface area contributed by atoms with Crippen molar-refractivity contribution in [1.82, 2.24) is 39.7 Å². The topological polar surface area (TPSA) is 209 Å². The van der Waals surface area contributed by atoms with Crippen molar-refractivity contribution < 1.29 is 29.6 Å². The van der Waals surface area contributed by atoms with Crippen LogP contribution in [0.4, 0.5) is 5.82 Å². The second-order valence-corrected chi connectivity index (χ2v) is 7.78. The highest BCUT2D eigenvalue weighted by atomic mass is 16.6. The Morgan fingerprint density at radius 1 is 1.25 bits per heavy atom. The summed E-state index contributed by atoms with van der Waals surface area (Å²) in [5.41, 5.74) is 6.60. The summed E-state index contributed by atoms with van der Waals surface area (Å²) in [6, 6.07) is 0.105. The number of tetrazole rings is 1. The number of aromatic nitrogens is 8. The van der Waals surface area contributed by atoms with Gasteiger partial charge in [-0.05, 0) is 36.1 Å². The van der Waals surface area contributed by atoms with Gasteiger partial charge in [-0.25, -0.2) is 14.5 Å². The Morgan fingerprint density at radius 3 is 2.78 bits per heavy atom. The number of hydrogen-bond acceptors (Lipinski definition) is 12. The molecule has 3 aromatic heterocycles. The molecule has 2 aliphatic rings. The van der Waals surface area contributed by atoms with Crippen LogP contribution in [-0.4, -0.2) is 85.4 Å². The monoisotopic (exact) mass is 447 g/mol. The summed E-state index contributed by atoms with van der Waals surface area (Å²) in [6.07, 6.45) is 0.581. The van der Waals surface area contributed by atoms with Gasteiger partial charge in [-0.3, -0.25) is 4.57 Å². The van der Waals surface area contributed by atoms with Crippen molar-refractivity contribution in [3.05, 3.63) is 12.2 Å². The number of nitrogens with zero attached hydrogens (tertiary/aromatic N) is 8. The average molecular weight is 447 g/mol. The minimum Gasteiger partial charge on any atom is -0.475 e. The molecule has 170 valence electrons. The molecule has 1 saturated heterocycles. The average Bonchev–Trinajstić information content (AvgIpc) is 3.53. The third kappa shape index (κ3) is 3.49. The van der Waals surface area contributed by atoms with Crippen LogP contribution in [0.5, 0.6) is 6.01 Å². The van der Waals surface area contributed by atoms with Gasteiger partial charge in [0.2, 0.25) is 0 Å². The van der Waals surface area contributed by atoms with Crippen LogP contribution < -0.4 is 10.5 Å². The number of nitrogen functional groups attached to an aromatic ring is 1. The molecular formula is C17H21N9O6. The SMILES string of the molecule is Nc1nc(OC2CCCC2)nc2c1ncn2[C@@H]1O[C@H](Cn2nnnc2C(=O)O)[C@H](O)[C@H]1O. The van der Waals surface area contributed by atoms with Crippen LogP contribution in [0, 0.1) is 0 Å². The van der Waals surface area contributed by atoms with Gasteiger partial charge in [0.15, 0.2) is 23.2 Å². The predicted molar refractivity (Wildman–Crippen MR) is 103 cm³/mol. The van der Waals surface area contributed by atoms with Crippen molar-refractivity contribution in [2.24, 2.45) is 0 Å². The lowest BCUT2D eigenvalue weighted by molar-refractivity contribution is -0.0406. The molecule has 4 heterocycles. The third-order valence-electron chi connectivity index (χ3n) is 5.69. The molecule has 3 aromatic rings. The Balaban J connectivity index is 1.42. The third-order valence-corrected chi connectivity index (χ3v) is 5.69. The number of rotatable bonds is 6. The van der Waals surface area contributed by atoms with Gasteiger partial charge in [0, 0.05) is 0 Å². The maximum absolute atomic E-state index is 11.2. The van der Waals surface area contributed by atoms with E-state index in [-0.39, 0.29) is 30.1 Å². The number of anilines is 1. The molecule has 4 atom stereocenters. The molecule has 32 heavy (non-hydrogen) atoms. The second kappa shape index (κ2) is 7.92. The Hall–Kier alpha value is -3.43. The first-order valence-electron chi connectivity index (χ1n) is 10.1. The predicted octanol–water partition coefficient (Wildman–Crippen LogP) is -1.27. The molecule has 1 aliphatic heterocycles. The number of aromatic carboxylic acids is 1. The van der Waals surface area contributed by atoms with Crippen LogP contribution in [0.1, 0.15) is 42.5 Å².